The van der Waals surface area contributed by atoms with Crippen molar-refractivity contribution in [1.29, 1.82) is 0 Å². The molecule has 1 amide bonds. The predicted molar refractivity (Wildman–Crippen MR) is 75.6 cm³/mol. The van der Waals surface area contributed by atoms with Crippen molar-refractivity contribution in [2.45, 2.75) is 45.1 Å². The van der Waals surface area contributed by atoms with Crippen molar-refractivity contribution in [3.63, 3.8) is 0 Å². The Morgan fingerprint density at radius 2 is 2.16 bits per heavy atom. The third-order valence-electron chi connectivity index (χ3n) is 3.78. The summed E-state index contributed by atoms with van der Waals surface area (Å²) >= 11 is 0. The van der Waals surface area contributed by atoms with Crippen LogP contribution in [0.2, 0.25) is 0 Å². The molecule has 5 heteroatoms. The Kier molecular flexibility index (Phi) is 4.74. The van der Waals surface area contributed by atoms with E-state index in [1.54, 1.807) is 18.3 Å². The first-order chi connectivity index (χ1) is 9.26. The molecule has 1 aromatic heterocycles. The molecular weight excluding hydrogens is 240 g/mol. The van der Waals surface area contributed by atoms with Gasteiger partial charge in [0.05, 0.1) is 5.56 Å². The van der Waals surface area contributed by atoms with Crippen molar-refractivity contribution in [3.8, 4) is 0 Å². The topological polar surface area (TPSA) is 71.2 Å². The van der Waals surface area contributed by atoms with Crippen LogP contribution >= 0.6 is 0 Å². The van der Waals surface area contributed by atoms with E-state index in [9.17, 15) is 4.79 Å². The lowest BCUT2D eigenvalue weighted by Crippen LogP contribution is -2.41. The first kappa shape index (κ1) is 13.8. The highest BCUT2D eigenvalue weighted by molar-refractivity contribution is 5.94. The molecule has 1 aliphatic carbocycles. The molecule has 0 saturated heterocycles. The lowest BCUT2D eigenvalue weighted by atomic mass is 9.94. The molecule has 0 aliphatic heterocycles. The molecule has 1 aromatic rings. The maximum absolute atomic E-state index is 12.5. The predicted octanol–water partition coefficient (Wildman–Crippen LogP) is 2.16. The molecule has 0 radical (unpaired) electrons. The van der Waals surface area contributed by atoms with E-state index >= 15 is 0 Å². The van der Waals surface area contributed by atoms with E-state index in [1.807, 2.05) is 11.8 Å². The van der Waals surface area contributed by atoms with Crippen molar-refractivity contribution in [1.82, 2.24) is 9.88 Å². The highest BCUT2D eigenvalue weighted by atomic mass is 16.2. The van der Waals surface area contributed by atoms with E-state index in [-0.39, 0.29) is 5.91 Å². The number of hydrogen-bond donors (Lipinski definition) is 2. The molecule has 0 bridgehead atoms. The van der Waals surface area contributed by atoms with Gasteiger partial charge in [0.15, 0.2) is 0 Å². The Bertz CT molecular complexity index is 412. The number of anilines is 1. The highest BCUT2D eigenvalue weighted by Crippen LogP contribution is 2.23. The Morgan fingerprint density at radius 1 is 1.42 bits per heavy atom. The van der Waals surface area contributed by atoms with Gasteiger partial charge in [0.2, 0.25) is 0 Å². The van der Waals surface area contributed by atoms with Gasteiger partial charge in [-0.15, -0.1) is 0 Å². The Morgan fingerprint density at radius 3 is 2.68 bits per heavy atom. The minimum Gasteiger partial charge on any atom is -0.336 e. The summed E-state index contributed by atoms with van der Waals surface area (Å²) in [6.07, 6.45) is 7.57. The van der Waals surface area contributed by atoms with Gasteiger partial charge in [0.25, 0.3) is 5.91 Å². The molecule has 0 spiro atoms. The van der Waals surface area contributed by atoms with Crippen LogP contribution in [0.5, 0.6) is 0 Å². The number of aromatic nitrogens is 1. The molecule has 0 atom stereocenters. The molecule has 0 unspecified atom stereocenters. The maximum Gasteiger partial charge on any atom is 0.255 e. The minimum absolute atomic E-state index is 0.0745. The first-order valence-electron chi connectivity index (χ1n) is 7.00. The Hall–Kier alpha value is -1.62. The zero-order chi connectivity index (χ0) is 13.7. The number of nitrogens with one attached hydrogen (secondary N) is 1. The van der Waals surface area contributed by atoms with Crippen LogP contribution in [-0.2, 0) is 0 Å². The average Bonchev–Trinajstić information content (AvgIpc) is 2.49. The van der Waals surface area contributed by atoms with Crippen LogP contribution in [0.3, 0.4) is 0 Å². The van der Waals surface area contributed by atoms with E-state index < -0.39 is 0 Å². The number of nitrogen functional groups attached to an aromatic ring is 1. The van der Waals surface area contributed by atoms with Gasteiger partial charge in [-0.25, -0.2) is 10.8 Å². The lowest BCUT2D eigenvalue weighted by Gasteiger charge is -2.33. The second-order valence-electron chi connectivity index (χ2n) is 4.96. The maximum atomic E-state index is 12.5. The number of amides is 1. The summed E-state index contributed by atoms with van der Waals surface area (Å²) in [5.74, 6) is 5.91. The van der Waals surface area contributed by atoms with Crippen molar-refractivity contribution in [3.05, 3.63) is 23.9 Å². The standard InChI is InChI=1S/C14H22N4O/c1-2-18(12-6-4-3-5-7-12)14(19)11-8-9-13(17-15)16-10-11/h8-10,12H,2-7,15H2,1H3,(H,16,17). The Balaban J connectivity index is 2.10. The summed E-state index contributed by atoms with van der Waals surface area (Å²) < 4.78 is 0. The summed E-state index contributed by atoms with van der Waals surface area (Å²) in [7, 11) is 0. The third kappa shape index (κ3) is 3.23. The van der Waals surface area contributed by atoms with E-state index in [0.717, 1.165) is 19.4 Å². The van der Waals surface area contributed by atoms with E-state index in [4.69, 9.17) is 5.84 Å². The fraction of sp³-hybridized carbons (Fsp3) is 0.571. The number of pyridine rings is 1. The molecule has 19 heavy (non-hydrogen) atoms. The van der Waals surface area contributed by atoms with Gasteiger partial charge >= 0.3 is 0 Å². The quantitative estimate of drug-likeness (QED) is 0.644. The summed E-state index contributed by atoms with van der Waals surface area (Å²) in [5.41, 5.74) is 3.09. The molecule has 1 heterocycles. The van der Waals surface area contributed by atoms with Crippen LogP contribution in [0, 0.1) is 0 Å². The van der Waals surface area contributed by atoms with Crippen LogP contribution in [0.4, 0.5) is 5.82 Å². The molecular formula is C14H22N4O. The normalized spacial score (nSPS) is 16.1. The van der Waals surface area contributed by atoms with Crippen LogP contribution in [0.25, 0.3) is 0 Å². The monoisotopic (exact) mass is 262 g/mol. The molecule has 5 nitrogen and oxygen atoms in total. The van der Waals surface area contributed by atoms with Gasteiger partial charge in [-0.05, 0) is 31.9 Å². The summed E-state index contributed by atoms with van der Waals surface area (Å²) in [5, 5.41) is 0. The van der Waals surface area contributed by atoms with E-state index in [2.05, 4.69) is 10.4 Å². The molecule has 1 saturated carbocycles. The van der Waals surface area contributed by atoms with E-state index in [1.165, 1.54) is 19.3 Å². The average molecular weight is 262 g/mol. The number of hydrogen-bond acceptors (Lipinski definition) is 4. The van der Waals surface area contributed by atoms with Gasteiger partial charge in [0, 0.05) is 18.8 Å². The fourth-order valence-corrected chi connectivity index (χ4v) is 2.73. The van der Waals surface area contributed by atoms with Crippen molar-refractivity contribution >= 4 is 11.7 Å². The first-order valence-corrected chi connectivity index (χ1v) is 7.00. The zero-order valence-electron chi connectivity index (χ0n) is 11.4. The van der Waals surface area contributed by atoms with Crippen LogP contribution < -0.4 is 11.3 Å². The number of rotatable bonds is 4. The number of hydrazine groups is 1. The lowest BCUT2D eigenvalue weighted by molar-refractivity contribution is 0.0647. The van der Waals surface area contributed by atoms with Crippen LogP contribution in [0.1, 0.15) is 49.4 Å². The van der Waals surface area contributed by atoms with Gasteiger partial charge in [-0.2, -0.15) is 0 Å². The van der Waals surface area contributed by atoms with Gasteiger partial charge in [-0.1, -0.05) is 19.3 Å². The number of nitrogens with two attached hydrogens (primary N) is 1. The van der Waals surface area contributed by atoms with Crippen LogP contribution in [-0.4, -0.2) is 28.4 Å². The molecule has 3 N–H and O–H groups in total. The molecule has 1 fully saturated rings. The molecule has 2 rings (SSSR count). The molecule has 0 aromatic carbocycles. The largest absolute Gasteiger partial charge is 0.336 e. The second-order valence-corrected chi connectivity index (χ2v) is 4.96. The number of carbonyl (C=O) groups excluding carboxylic acids is 1. The SMILES string of the molecule is CCN(C(=O)c1ccc(NN)nc1)C1CCCCC1. The van der Waals surface area contributed by atoms with Gasteiger partial charge in [-0.3, -0.25) is 4.79 Å². The number of carbonyl (C=O) groups is 1. The van der Waals surface area contributed by atoms with Crippen LogP contribution in [0.15, 0.2) is 18.3 Å². The summed E-state index contributed by atoms with van der Waals surface area (Å²) in [6, 6.07) is 3.89. The van der Waals surface area contributed by atoms with E-state index in [0.29, 0.717) is 17.4 Å². The number of nitrogens with zero attached hydrogens (tertiary/aromatic N) is 2. The summed E-state index contributed by atoms with van der Waals surface area (Å²) in [6.45, 7) is 2.79. The second kappa shape index (κ2) is 6.52. The zero-order valence-corrected chi connectivity index (χ0v) is 11.4. The molecule has 104 valence electrons. The molecule has 1 aliphatic rings. The van der Waals surface area contributed by atoms with Crippen molar-refractivity contribution in [2.24, 2.45) is 5.84 Å². The van der Waals surface area contributed by atoms with Gasteiger partial charge < -0.3 is 10.3 Å². The van der Waals surface area contributed by atoms with Crippen molar-refractivity contribution < 1.29 is 4.79 Å². The highest BCUT2D eigenvalue weighted by Gasteiger charge is 2.24. The fourth-order valence-electron chi connectivity index (χ4n) is 2.73. The minimum atomic E-state index is 0.0745. The third-order valence-corrected chi connectivity index (χ3v) is 3.78. The van der Waals surface area contributed by atoms with Gasteiger partial charge in [0.1, 0.15) is 5.82 Å². The summed E-state index contributed by atoms with van der Waals surface area (Å²) in [4.78, 5) is 18.6. The smallest absolute Gasteiger partial charge is 0.255 e. The Labute approximate surface area is 114 Å². The van der Waals surface area contributed by atoms with Crippen molar-refractivity contribution in [2.75, 3.05) is 12.0 Å².